The maximum atomic E-state index is 13.3. The van der Waals surface area contributed by atoms with Gasteiger partial charge in [0.05, 0.1) is 4.24 Å². The SMILES string of the molecule is CCCCSC(SCCCC)=C(C(=O)/C=C/c1ccc(C)cc1)C(=O)Nc1ccc(Cl)cc1. The first-order valence-electron chi connectivity index (χ1n) is 11.3. The highest BCUT2D eigenvalue weighted by atomic mass is 35.5. The van der Waals surface area contributed by atoms with E-state index in [1.165, 1.54) is 6.08 Å². The molecule has 0 bridgehead atoms. The van der Waals surface area contributed by atoms with Crippen molar-refractivity contribution in [1.29, 1.82) is 0 Å². The summed E-state index contributed by atoms with van der Waals surface area (Å²) in [6, 6.07) is 14.8. The standard InChI is InChI=1S/C27H32ClNO2S2/c1-4-6-18-32-27(33-19-7-5-2)25(26(31)29-23-15-13-22(28)14-16-23)24(30)17-12-21-10-8-20(3)9-11-21/h8-17H,4-7,18-19H2,1-3H3,(H,29,31)/b17-12+. The number of allylic oxidation sites excluding steroid dienone is 1. The average molecular weight is 502 g/mol. The van der Waals surface area contributed by atoms with Crippen LogP contribution >= 0.6 is 35.1 Å². The molecule has 1 N–H and O–H groups in total. The third-order valence-electron chi connectivity index (χ3n) is 4.75. The molecule has 0 atom stereocenters. The zero-order chi connectivity index (χ0) is 24.1. The van der Waals surface area contributed by atoms with Gasteiger partial charge in [0, 0.05) is 10.7 Å². The Morgan fingerprint density at radius 3 is 2.03 bits per heavy atom. The van der Waals surface area contributed by atoms with Gasteiger partial charge in [-0.25, -0.2) is 0 Å². The molecule has 2 aromatic rings. The molecule has 0 aliphatic rings. The van der Waals surface area contributed by atoms with Crippen molar-refractivity contribution in [2.24, 2.45) is 0 Å². The van der Waals surface area contributed by atoms with E-state index >= 15 is 0 Å². The van der Waals surface area contributed by atoms with Crippen LogP contribution in [0.3, 0.4) is 0 Å². The highest BCUT2D eigenvalue weighted by Crippen LogP contribution is 2.34. The highest BCUT2D eigenvalue weighted by molar-refractivity contribution is 8.22. The minimum absolute atomic E-state index is 0.204. The van der Waals surface area contributed by atoms with E-state index in [1.807, 2.05) is 31.2 Å². The van der Waals surface area contributed by atoms with Crippen molar-refractivity contribution in [3.63, 3.8) is 0 Å². The molecule has 2 aromatic carbocycles. The van der Waals surface area contributed by atoms with Crippen LogP contribution in [-0.4, -0.2) is 23.2 Å². The second-order valence-electron chi connectivity index (χ2n) is 7.64. The Hall–Kier alpha value is -1.95. The van der Waals surface area contributed by atoms with Crippen molar-refractivity contribution in [2.75, 3.05) is 16.8 Å². The molecule has 1 amide bonds. The Morgan fingerprint density at radius 1 is 0.909 bits per heavy atom. The monoisotopic (exact) mass is 501 g/mol. The molecule has 0 saturated heterocycles. The molecule has 0 aliphatic carbocycles. The van der Waals surface area contributed by atoms with Crippen LogP contribution < -0.4 is 5.32 Å². The lowest BCUT2D eigenvalue weighted by Gasteiger charge is -2.13. The van der Waals surface area contributed by atoms with Crippen molar-refractivity contribution < 1.29 is 9.59 Å². The number of carbonyl (C=O) groups excluding carboxylic acids is 2. The lowest BCUT2D eigenvalue weighted by Crippen LogP contribution is -2.21. The summed E-state index contributed by atoms with van der Waals surface area (Å²) in [5, 5.41) is 3.47. The molecule has 0 saturated carbocycles. The van der Waals surface area contributed by atoms with Crippen molar-refractivity contribution in [3.8, 4) is 0 Å². The highest BCUT2D eigenvalue weighted by Gasteiger charge is 2.22. The fourth-order valence-corrected chi connectivity index (χ4v) is 5.64. The van der Waals surface area contributed by atoms with Crippen LogP contribution in [0.5, 0.6) is 0 Å². The zero-order valence-corrected chi connectivity index (χ0v) is 21.9. The number of rotatable bonds is 13. The first kappa shape index (κ1) is 27.3. The summed E-state index contributed by atoms with van der Waals surface area (Å²) < 4.78 is 0.793. The van der Waals surface area contributed by atoms with Crippen LogP contribution in [0.2, 0.25) is 5.02 Å². The van der Waals surface area contributed by atoms with Gasteiger partial charge in [-0.05, 0) is 67.2 Å². The summed E-state index contributed by atoms with van der Waals surface area (Å²) in [6.45, 7) is 6.30. The molecule has 2 rings (SSSR count). The molecule has 0 fully saturated rings. The van der Waals surface area contributed by atoms with Gasteiger partial charge in [-0.15, -0.1) is 23.5 Å². The second kappa shape index (κ2) is 15.0. The van der Waals surface area contributed by atoms with Crippen molar-refractivity contribution in [1.82, 2.24) is 0 Å². The molecule has 3 nitrogen and oxygen atoms in total. The molecular formula is C27H32ClNO2S2. The summed E-state index contributed by atoms with van der Waals surface area (Å²) in [4.78, 5) is 26.6. The van der Waals surface area contributed by atoms with E-state index in [0.29, 0.717) is 10.7 Å². The Kier molecular flexibility index (Phi) is 12.4. The number of nitrogens with one attached hydrogen (secondary N) is 1. The van der Waals surface area contributed by atoms with Gasteiger partial charge in [-0.1, -0.05) is 74.2 Å². The second-order valence-corrected chi connectivity index (χ2v) is 10.5. The molecule has 0 aromatic heterocycles. The van der Waals surface area contributed by atoms with Crippen LogP contribution in [0.4, 0.5) is 5.69 Å². The number of halogens is 1. The molecule has 176 valence electrons. The number of hydrogen-bond acceptors (Lipinski definition) is 4. The largest absolute Gasteiger partial charge is 0.322 e. The van der Waals surface area contributed by atoms with Crippen LogP contribution in [0.15, 0.2) is 64.4 Å². The van der Waals surface area contributed by atoms with Crippen LogP contribution in [0.1, 0.15) is 50.7 Å². The summed E-state index contributed by atoms with van der Waals surface area (Å²) in [5.74, 6) is 1.07. The fourth-order valence-electron chi connectivity index (χ4n) is 2.77. The predicted molar refractivity (Wildman–Crippen MR) is 147 cm³/mol. The summed E-state index contributed by atoms with van der Waals surface area (Å²) in [7, 11) is 0. The van der Waals surface area contributed by atoms with Gasteiger partial charge in [0.2, 0.25) is 0 Å². The average Bonchev–Trinajstić information content (AvgIpc) is 2.80. The molecule has 0 radical (unpaired) electrons. The van der Waals surface area contributed by atoms with Crippen molar-refractivity contribution in [3.05, 3.63) is 80.6 Å². The van der Waals surface area contributed by atoms with Crippen molar-refractivity contribution in [2.45, 2.75) is 46.5 Å². The zero-order valence-electron chi connectivity index (χ0n) is 19.5. The minimum atomic E-state index is -0.390. The van der Waals surface area contributed by atoms with Crippen molar-refractivity contribution >= 4 is 58.6 Å². The van der Waals surface area contributed by atoms with E-state index in [2.05, 4.69) is 19.2 Å². The first-order chi connectivity index (χ1) is 15.9. The predicted octanol–water partition coefficient (Wildman–Crippen LogP) is 8.15. The molecule has 33 heavy (non-hydrogen) atoms. The van der Waals surface area contributed by atoms with Gasteiger partial charge in [0.1, 0.15) is 5.57 Å². The minimum Gasteiger partial charge on any atom is -0.322 e. The smallest absolute Gasteiger partial charge is 0.261 e. The first-order valence-corrected chi connectivity index (χ1v) is 13.6. The number of thioether (sulfide) groups is 2. The number of unbranched alkanes of at least 4 members (excludes halogenated alkanes) is 2. The van der Waals surface area contributed by atoms with Gasteiger partial charge in [-0.2, -0.15) is 0 Å². The summed E-state index contributed by atoms with van der Waals surface area (Å²) >= 11 is 9.18. The number of hydrogen-bond donors (Lipinski definition) is 1. The maximum absolute atomic E-state index is 13.3. The third-order valence-corrected chi connectivity index (χ3v) is 7.62. The van der Waals surface area contributed by atoms with Gasteiger partial charge in [0.25, 0.3) is 5.91 Å². The van der Waals surface area contributed by atoms with Crippen LogP contribution in [0.25, 0.3) is 6.08 Å². The molecule has 0 aliphatic heterocycles. The number of amides is 1. The Labute approximate surface area is 211 Å². The summed E-state index contributed by atoms with van der Waals surface area (Å²) in [5.41, 5.74) is 2.89. The van der Waals surface area contributed by atoms with E-state index in [4.69, 9.17) is 11.6 Å². The third kappa shape index (κ3) is 9.83. The number of anilines is 1. The topological polar surface area (TPSA) is 46.2 Å². The number of carbonyl (C=O) groups is 2. The van der Waals surface area contributed by atoms with Gasteiger partial charge in [-0.3, -0.25) is 9.59 Å². The van der Waals surface area contributed by atoms with Gasteiger partial charge >= 0.3 is 0 Å². The number of ketones is 1. The Morgan fingerprint density at radius 2 is 1.48 bits per heavy atom. The molecule has 0 heterocycles. The molecular weight excluding hydrogens is 470 g/mol. The van der Waals surface area contributed by atoms with E-state index in [0.717, 1.165) is 52.6 Å². The van der Waals surface area contributed by atoms with E-state index < -0.39 is 0 Å². The van der Waals surface area contributed by atoms with Crippen LogP contribution in [-0.2, 0) is 9.59 Å². The Balaban J connectivity index is 2.37. The molecule has 0 unspecified atom stereocenters. The number of aryl methyl sites for hydroxylation is 1. The Bertz CT molecular complexity index is 955. The molecule has 6 heteroatoms. The van der Waals surface area contributed by atoms with E-state index in [-0.39, 0.29) is 17.3 Å². The number of benzene rings is 2. The lowest BCUT2D eigenvalue weighted by atomic mass is 10.1. The van der Waals surface area contributed by atoms with E-state index in [9.17, 15) is 9.59 Å². The van der Waals surface area contributed by atoms with Gasteiger partial charge in [0.15, 0.2) is 5.78 Å². The van der Waals surface area contributed by atoms with E-state index in [1.54, 1.807) is 53.9 Å². The normalized spacial score (nSPS) is 10.9. The maximum Gasteiger partial charge on any atom is 0.261 e. The lowest BCUT2D eigenvalue weighted by molar-refractivity contribution is -0.117. The molecule has 0 spiro atoms. The fraction of sp³-hybridized carbons (Fsp3) is 0.333. The quantitative estimate of drug-likeness (QED) is 0.130. The van der Waals surface area contributed by atoms with Gasteiger partial charge < -0.3 is 5.32 Å². The summed E-state index contributed by atoms with van der Waals surface area (Å²) in [6.07, 6.45) is 7.45. The van der Waals surface area contributed by atoms with Crippen LogP contribution in [0, 0.1) is 6.92 Å².